The molecule has 31 heavy (non-hydrogen) atoms. The minimum atomic E-state index is -4.73. The number of hydrogen-bond donors (Lipinski definition) is 2. The minimum absolute atomic E-state index is 0.116. The lowest BCUT2D eigenvalue weighted by atomic mass is 10.1. The maximum absolute atomic E-state index is 13.3. The number of aromatic nitrogens is 2. The number of rotatable bonds is 6. The van der Waals surface area contributed by atoms with Gasteiger partial charge in [-0.1, -0.05) is 30.3 Å². The highest BCUT2D eigenvalue weighted by molar-refractivity contribution is 7.92. The summed E-state index contributed by atoms with van der Waals surface area (Å²) < 4.78 is 66.9. The highest BCUT2D eigenvalue weighted by Gasteiger charge is 2.35. The predicted molar refractivity (Wildman–Crippen MR) is 108 cm³/mol. The van der Waals surface area contributed by atoms with Crippen LogP contribution in [-0.4, -0.2) is 30.5 Å². The van der Waals surface area contributed by atoms with Crippen molar-refractivity contribution in [3.05, 3.63) is 84.7 Å². The molecule has 3 rings (SSSR count). The summed E-state index contributed by atoms with van der Waals surface area (Å²) in [4.78, 5) is 19.5. The molecule has 0 aliphatic carbocycles. The van der Waals surface area contributed by atoms with Crippen molar-refractivity contribution in [1.82, 2.24) is 9.97 Å². The van der Waals surface area contributed by atoms with Crippen molar-refractivity contribution in [2.45, 2.75) is 11.1 Å². The number of halogens is 3. The van der Waals surface area contributed by atoms with E-state index in [2.05, 4.69) is 20.0 Å². The molecule has 0 aliphatic rings. The van der Waals surface area contributed by atoms with Crippen LogP contribution >= 0.6 is 0 Å². The van der Waals surface area contributed by atoms with Crippen molar-refractivity contribution >= 4 is 33.1 Å². The molecule has 2 aromatic carbocycles. The molecule has 0 fully saturated rings. The predicted octanol–water partition coefficient (Wildman–Crippen LogP) is 3.86. The molecule has 0 atom stereocenters. The number of amides is 1. The molecule has 0 bridgehead atoms. The Balaban J connectivity index is 1.76. The Bertz CT molecular complexity index is 1180. The van der Waals surface area contributed by atoms with Crippen molar-refractivity contribution in [1.29, 1.82) is 0 Å². The Hall–Kier alpha value is -3.73. The van der Waals surface area contributed by atoms with Gasteiger partial charge in [-0.3, -0.25) is 4.79 Å². The number of alkyl halides is 3. The van der Waals surface area contributed by atoms with E-state index in [1.807, 2.05) is 0 Å². The molecule has 3 aromatic rings. The molecule has 11 heteroatoms. The number of carbonyl (C=O) groups excluding carboxylic acids is 1. The van der Waals surface area contributed by atoms with Gasteiger partial charge in [0.2, 0.25) is 11.9 Å². The van der Waals surface area contributed by atoms with Gasteiger partial charge in [0, 0.05) is 24.2 Å². The number of hydrogen-bond acceptors (Lipinski definition) is 5. The van der Waals surface area contributed by atoms with E-state index in [4.69, 9.17) is 0 Å². The standard InChI is InChI=1S/C20H15F3N4O3S/c21-20(22,23)17(14-5-2-1-3-6-14)13-18(28)26-15-7-9-16(10-8-15)31(29,30)27-19-24-11-4-12-25-19/h1-13H,(H,26,28)(H,24,25,27)/b17-13-. The van der Waals surface area contributed by atoms with Gasteiger partial charge in [0.05, 0.1) is 10.5 Å². The van der Waals surface area contributed by atoms with Gasteiger partial charge in [0.15, 0.2) is 0 Å². The number of sulfonamides is 1. The quantitative estimate of drug-likeness (QED) is 0.558. The van der Waals surface area contributed by atoms with Gasteiger partial charge < -0.3 is 5.32 Å². The first kappa shape index (κ1) is 22.0. The Morgan fingerprint density at radius 3 is 2.10 bits per heavy atom. The number of benzene rings is 2. The first-order chi connectivity index (χ1) is 14.6. The number of anilines is 2. The SMILES string of the molecule is O=C(/C=C(/c1ccccc1)C(F)(F)F)Nc1ccc(S(=O)(=O)Nc2ncccn2)cc1. The van der Waals surface area contributed by atoms with Gasteiger partial charge in [0.1, 0.15) is 0 Å². The zero-order valence-electron chi connectivity index (χ0n) is 15.7. The summed E-state index contributed by atoms with van der Waals surface area (Å²) in [5, 5.41) is 2.29. The topological polar surface area (TPSA) is 101 Å². The highest BCUT2D eigenvalue weighted by Crippen LogP contribution is 2.33. The summed E-state index contributed by atoms with van der Waals surface area (Å²) in [6.45, 7) is 0. The maximum Gasteiger partial charge on any atom is 0.417 e. The molecule has 2 N–H and O–H groups in total. The molecular weight excluding hydrogens is 433 g/mol. The number of nitrogens with zero attached hydrogens (tertiary/aromatic N) is 2. The van der Waals surface area contributed by atoms with E-state index in [0.717, 1.165) is 0 Å². The van der Waals surface area contributed by atoms with Gasteiger partial charge in [-0.15, -0.1) is 0 Å². The van der Waals surface area contributed by atoms with Gasteiger partial charge in [0.25, 0.3) is 10.0 Å². The van der Waals surface area contributed by atoms with Crippen LogP contribution in [0, 0.1) is 0 Å². The molecule has 0 aliphatic heterocycles. The van der Waals surface area contributed by atoms with Crippen molar-refractivity contribution < 1.29 is 26.4 Å². The molecule has 1 heterocycles. The van der Waals surface area contributed by atoms with Gasteiger partial charge in [-0.05, 0) is 35.9 Å². The third kappa shape index (κ3) is 5.89. The molecule has 0 saturated carbocycles. The third-order valence-electron chi connectivity index (χ3n) is 3.89. The van der Waals surface area contributed by atoms with E-state index in [1.54, 1.807) is 6.07 Å². The van der Waals surface area contributed by atoms with Crippen molar-refractivity contribution in [3.63, 3.8) is 0 Å². The molecule has 1 aromatic heterocycles. The van der Waals surface area contributed by atoms with E-state index in [-0.39, 0.29) is 22.1 Å². The molecule has 0 spiro atoms. The monoisotopic (exact) mass is 448 g/mol. The third-order valence-corrected chi connectivity index (χ3v) is 5.23. The zero-order chi connectivity index (χ0) is 22.5. The van der Waals surface area contributed by atoms with Crippen LogP contribution in [0.3, 0.4) is 0 Å². The second kappa shape index (κ2) is 8.96. The van der Waals surface area contributed by atoms with Crippen LogP contribution in [0.2, 0.25) is 0 Å². The van der Waals surface area contributed by atoms with Gasteiger partial charge >= 0.3 is 6.18 Å². The van der Waals surface area contributed by atoms with Crippen molar-refractivity contribution in [3.8, 4) is 0 Å². The summed E-state index contributed by atoms with van der Waals surface area (Å²) >= 11 is 0. The summed E-state index contributed by atoms with van der Waals surface area (Å²) in [6, 6.07) is 13.3. The fourth-order valence-corrected chi connectivity index (χ4v) is 3.46. The number of carbonyl (C=O) groups is 1. The smallest absolute Gasteiger partial charge is 0.322 e. The van der Waals surface area contributed by atoms with E-state index >= 15 is 0 Å². The lowest BCUT2D eigenvalue weighted by molar-refractivity contribution is -0.112. The normalized spacial score (nSPS) is 12.3. The second-order valence-electron chi connectivity index (χ2n) is 6.11. The summed E-state index contributed by atoms with van der Waals surface area (Å²) in [6.07, 6.45) is -1.56. The molecule has 7 nitrogen and oxygen atoms in total. The molecule has 160 valence electrons. The maximum atomic E-state index is 13.3. The Morgan fingerprint density at radius 2 is 1.52 bits per heavy atom. The van der Waals surface area contributed by atoms with Crippen LogP contribution in [-0.2, 0) is 14.8 Å². The Labute approximate surface area is 175 Å². The van der Waals surface area contributed by atoms with Crippen LogP contribution in [0.1, 0.15) is 5.56 Å². The van der Waals surface area contributed by atoms with Crippen molar-refractivity contribution in [2.75, 3.05) is 10.0 Å². The van der Waals surface area contributed by atoms with E-state index < -0.39 is 27.7 Å². The average molecular weight is 448 g/mol. The Kier molecular flexibility index (Phi) is 6.35. The van der Waals surface area contributed by atoms with Gasteiger partial charge in [-0.25, -0.2) is 23.1 Å². The van der Waals surface area contributed by atoms with Crippen LogP contribution in [0.4, 0.5) is 24.8 Å². The Morgan fingerprint density at radius 1 is 0.903 bits per heavy atom. The fourth-order valence-electron chi connectivity index (χ4n) is 2.50. The molecule has 0 unspecified atom stereocenters. The molecular formula is C20H15F3N4O3S. The molecule has 0 saturated heterocycles. The average Bonchev–Trinajstić information content (AvgIpc) is 2.73. The van der Waals surface area contributed by atoms with Crippen LogP contribution < -0.4 is 10.0 Å². The highest BCUT2D eigenvalue weighted by atomic mass is 32.2. The summed E-state index contributed by atoms with van der Waals surface area (Å²) in [5.41, 5.74) is -1.14. The minimum Gasteiger partial charge on any atom is -0.322 e. The number of allylic oxidation sites excluding steroid dienone is 1. The largest absolute Gasteiger partial charge is 0.417 e. The fraction of sp³-hybridized carbons (Fsp3) is 0.0500. The van der Waals surface area contributed by atoms with Crippen molar-refractivity contribution in [2.24, 2.45) is 0 Å². The number of nitrogens with one attached hydrogen (secondary N) is 2. The van der Waals surface area contributed by atoms with Crippen LogP contribution in [0.15, 0.2) is 84.0 Å². The lowest BCUT2D eigenvalue weighted by Crippen LogP contribution is -2.16. The molecule has 0 radical (unpaired) electrons. The molecule has 1 amide bonds. The lowest BCUT2D eigenvalue weighted by Gasteiger charge is -2.12. The van der Waals surface area contributed by atoms with Crippen LogP contribution in [0.5, 0.6) is 0 Å². The van der Waals surface area contributed by atoms with E-state index in [1.165, 1.54) is 67.0 Å². The van der Waals surface area contributed by atoms with E-state index in [0.29, 0.717) is 6.08 Å². The zero-order valence-corrected chi connectivity index (χ0v) is 16.5. The van der Waals surface area contributed by atoms with E-state index in [9.17, 15) is 26.4 Å². The first-order valence-electron chi connectivity index (χ1n) is 8.70. The van der Waals surface area contributed by atoms with Crippen LogP contribution in [0.25, 0.3) is 5.57 Å². The summed E-state index contributed by atoms with van der Waals surface area (Å²) in [7, 11) is -3.98. The first-order valence-corrected chi connectivity index (χ1v) is 10.2. The van der Waals surface area contributed by atoms with Gasteiger partial charge in [-0.2, -0.15) is 13.2 Å². The summed E-state index contributed by atoms with van der Waals surface area (Å²) in [5.74, 6) is -1.13. The second-order valence-corrected chi connectivity index (χ2v) is 7.80.